The predicted molar refractivity (Wildman–Crippen MR) is 91.4 cm³/mol. The van der Waals surface area contributed by atoms with Gasteiger partial charge < -0.3 is 4.74 Å². The largest absolute Gasteiger partial charge is 0.493 e. The van der Waals surface area contributed by atoms with Crippen LogP contribution in [0.1, 0.15) is 44.2 Å². The number of ether oxygens (including phenoxy) is 1. The summed E-state index contributed by atoms with van der Waals surface area (Å²) in [5, 5.41) is 0. The summed E-state index contributed by atoms with van der Waals surface area (Å²) >= 11 is 1.89. The molecule has 0 saturated carbocycles. The van der Waals surface area contributed by atoms with E-state index >= 15 is 0 Å². The molecule has 21 heavy (non-hydrogen) atoms. The standard InChI is InChI=1S/C15H23ClO3S2/c1-5-20-8-6-7-19-14-9-12(4)15(21(16,17)18)10-13(14)11(2)3/h9-11H,5-8H2,1-4H3. The van der Waals surface area contributed by atoms with Gasteiger partial charge in [0.25, 0.3) is 9.05 Å². The van der Waals surface area contributed by atoms with Gasteiger partial charge in [0.05, 0.1) is 11.5 Å². The van der Waals surface area contributed by atoms with E-state index < -0.39 is 9.05 Å². The zero-order valence-corrected chi connectivity index (χ0v) is 15.4. The fraction of sp³-hybridized carbons (Fsp3) is 0.600. The summed E-state index contributed by atoms with van der Waals surface area (Å²) in [6, 6.07) is 3.41. The second-order valence-corrected chi connectivity index (χ2v) is 9.08. The quantitative estimate of drug-likeness (QED) is 0.509. The van der Waals surface area contributed by atoms with Gasteiger partial charge in [-0.05, 0) is 54.0 Å². The van der Waals surface area contributed by atoms with Gasteiger partial charge in [-0.1, -0.05) is 20.8 Å². The highest BCUT2D eigenvalue weighted by Gasteiger charge is 2.19. The van der Waals surface area contributed by atoms with Crippen molar-refractivity contribution in [3.8, 4) is 5.75 Å². The fourth-order valence-corrected chi connectivity index (χ4v) is 3.82. The SMILES string of the molecule is CCSCCCOc1cc(C)c(S(=O)(=O)Cl)cc1C(C)C. The van der Waals surface area contributed by atoms with Crippen molar-refractivity contribution in [2.45, 2.75) is 44.9 Å². The van der Waals surface area contributed by atoms with Gasteiger partial charge >= 0.3 is 0 Å². The highest BCUT2D eigenvalue weighted by Crippen LogP contribution is 2.33. The highest BCUT2D eigenvalue weighted by molar-refractivity contribution is 8.13. The van der Waals surface area contributed by atoms with Crippen LogP contribution in [0, 0.1) is 6.92 Å². The molecule has 0 fully saturated rings. The van der Waals surface area contributed by atoms with Crippen LogP contribution in [0.2, 0.25) is 0 Å². The van der Waals surface area contributed by atoms with Crippen LogP contribution in [0.15, 0.2) is 17.0 Å². The molecule has 3 nitrogen and oxygen atoms in total. The monoisotopic (exact) mass is 350 g/mol. The van der Waals surface area contributed by atoms with E-state index in [1.165, 1.54) is 0 Å². The molecule has 0 aliphatic rings. The van der Waals surface area contributed by atoms with E-state index in [0.29, 0.717) is 12.2 Å². The van der Waals surface area contributed by atoms with Crippen molar-refractivity contribution in [2.24, 2.45) is 0 Å². The smallest absolute Gasteiger partial charge is 0.261 e. The molecule has 0 unspecified atom stereocenters. The van der Waals surface area contributed by atoms with Crippen LogP contribution in [0.25, 0.3) is 0 Å². The molecule has 0 amide bonds. The molecule has 0 aromatic heterocycles. The summed E-state index contributed by atoms with van der Waals surface area (Å²) in [5.41, 5.74) is 1.50. The lowest BCUT2D eigenvalue weighted by atomic mass is 10.0. The lowest BCUT2D eigenvalue weighted by molar-refractivity contribution is 0.313. The normalized spacial score (nSPS) is 11.9. The van der Waals surface area contributed by atoms with Crippen LogP contribution in [-0.2, 0) is 9.05 Å². The Labute approximate surface area is 136 Å². The average Bonchev–Trinajstić information content (AvgIpc) is 2.36. The van der Waals surface area contributed by atoms with E-state index in [9.17, 15) is 8.42 Å². The second-order valence-electron chi connectivity index (χ2n) is 5.15. The molecule has 0 aliphatic carbocycles. The third-order valence-electron chi connectivity index (χ3n) is 3.09. The number of halogens is 1. The van der Waals surface area contributed by atoms with Crippen LogP contribution < -0.4 is 4.74 Å². The Hall–Kier alpha value is -0.390. The molecule has 0 aliphatic heterocycles. The van der Waals surface area contributed by atoms with Crippen molar-refractivity contribution in [1.82, 2.24) is 0 Å². The molecule has 0 bridgehead atoms. The molecule has 0 heterocycles. The maximum Gasteiger partial charge on any atom is 0.261 e. The summed E-state index contributed by atoms with van der Waals surface area (Å²) in [7, 11) is 1.76. The predicted octanol–water partition coefficient (Wildman–Crippen LogP) is 4.57. The number of hydrogen-bond donors (Lipinski definition) is 0. The summed E-state index contributed by atoms with van der Waals surface area (Å²) in [4.78, 5) is 0.168. The van der Waals surface area contributed by atoms with Crippen molar-refractivity contribution in [3.63, 3.8) is 0 Å². The number of thioether (sulfide) groups is 1. The lowest BCUT2D eigenvalue weighted by Crippen LogP contribution is -2.05. The molecule has 0 saturated heterocycles. The van der Waals surface area contributed by atoms with Crippen LogP contribution in [0.5, 0.6) is 5.75 Å². The van der Waals surface area contributed by atoms with Gasteiger partial charge in [-0.2, -0.15) is 11.8 Å². The first kappa shape index (κ1) is 18.7. The third-order valence-corrected chi connectivity index (χ3v) is 5.54. The highest BCUT2D eigenvalue weighted by atomic mass is 35.7. The van der Waals surface area contributed by atoms with E-state index in [-0.39, 0.29) is 10.8 Å². The topological polar surface area (TPSA) is 43.4 Å². The summed E-state index contributed by atoms with van der Waals surface area (Å²) < 4.78 is 29.0. The Morgan fingerprint density at radius 1 is 1.33 bits per heavy atom. The molecule has 6 heteroatoms. The van der Waals surface area contributed by atoms with Crippen molar-refractivity contribution in [1.29, 1.82) is 0 Å². The molecule has 0 atom stereocenters. The van der Waals surface area contributed by atoms with Crippen molar-refractivity contribution in [2.75, 3.05) is 18.1 Å². The number of aryl methyl sites for hydroxylation is 1. The molecule has 0 N–H and O–H groups in total. The van der Waals surface area contributed by atoms with Crippen molar-refractivity contribution < 1.29 is 13.2 Å². The van der Waals surface area contributed by atoms with E-state index in [1.807, 2.05) is 25.6 Å². The van der Waals surface area contributed by atoms with Crippen LogP contribution >= 0.6 is 22.4 Å². The molecule has 1 aromatic carbocycles. The van der Waals surface area contributed by atoms with E-state index in [2.05, 4.69) is 6.92 Å². The van der Waals surface area contributed by atoms with Crippen LogP contribution in [0.4, 0.5) is 0 Å². The van der Waals surface area contributed by atoms with Gasteiger partial charge in [-0.3, -0.25) is 0 Å². The Balaban J connectivity index is 2.96. The maximum atomic E-state index is 11.6. The lowest BCUT2D eigenvalue weighted by Gasteiger charge is -2.16. The summed E-state index contributed by atoms with van der Waals surface area (Å²) in [5.74, 6) is 3.11. The zero-order valence-electron chi connectivity index (χ0n) is 13.0. The molecular formula is C15H23ClO3S2. The molecule has 1 rings (SSSR count). The average molecular weight is 351 g/mol. The first-order chi connectivity index (χ1) is 9.77. The summed E-state index contributed by atoms with van der Waals surface area (Å²) in [6.07, 6.45) is 0.977. The Bertz CT molecular complexity index is 569. The summed E-state index contributed by atoms with van der Waals surface area (Å²) in [6.45, 7) is 8.53. The van der Waals surface area contributed by atoms with Crippen LogP contribution in [0.3, 0.4) is 0 Å². The minimum absolute atomic E-state index is 0.168. The first-order valence-electron chi connectivity index (χ1n) is 7.07. The van der Waals surface area contributed by atoms with Crippen molar-refractivity contribution >= 4 is 31.5 Å². The number of benzene rings is 1. The number of rotatable bonds is 8. The Morgan fingerprint density at radius 3 is 2.52 bits per heavy atom. The molecule has 0 spiro atoms. The van der Waals surface area contributed by atoms with Gasteiger partial charge in [0.1, 0.15) is 5.75 Å². The maximum absolute atomic E-state index is 11.6. The second kappa shape index (κ2) is 8.30. The van der Waals surface area contributed by atoms with Crippen molar-refractivity contribution in [3.05, 3.63) is 23.3 Å². The Morgan fingerprint density at radius 2 is 2.00 bits per heavy atom. The van der Waals surface area contributed by atoms with Gasteiger partial charge in [0.2, 0.25) is 0 Å². The zero-order chi connectivity index (χ0) is 16.0. The van der Waals surface area contributed by atoms with Gasteiger partial charge in [-0.15, -0.1) is 0 Å². The molecular weight excluding hydrogens is 328 g/mol. The van der Waals surface area contributed by atoms with E-state index in [1.54, 1.807) is 19.1 Å². The van der Waals surface area contributed by atoms with Gasteiger partial charge in [0, 0.05) is 10.7 Å². The number of hydrogen-bond acceptors (Lipinski definition) is 4. The van der Waals surface area contributed by atoms with E-state index in [4.69, 9.17) is 15.4 Å². The molecule has 0 radical (unpaired) electrons. The van der Waals surface area contributed by atoms with Gasteiger partial charge in [0.15, 0.2) is 0 Å². The third kappa shape index (κ3) is 5.72. The minimum atomic E-state index is -3.73. The molecule has 120 valence electrons. The molecule has 1 aromatic rings. The van der Waals surface area contributed by atoms with Gasteiger partial charge in [-0.25, -0.2) is 8.42 Å². The van der Waals surface area contributed by atoms with E-state index in [0.717, 1.165) is 29.2 Å². The first-order valence-corrected chi connectivity index (χ1v) is 10.5. The fourth-order valence-electron chi connectivity index (χ4n) is 2.00. The minimum Gasteiger partial charge on any atom is -0.493 e. The Kier molecular flexibility index (Phi) is 7.37. The van der Waals surface area contributed by atoms with Crippen LogP contribution in [-0.4, -0.2) is 26.5 Å².